The van der Waals surface area contributed by atoms with Gasteiger partial charge < -0.3 is 24.2 Å². The normalized spacial score (nSPS) is 11.9. The van der Waals surface area contributed by atoms with Gasteiger partial charge in [0.2, 0.25) is 0 Å². The zero-order valence-corrected chi connectivity index (χ0v) is 26.7. The summed E-state index contributed by atoms with van der Waals surface area (Å²) < 4.78 is 16.4. The van der Waals surface area contributed by atoms with Crippen molar-refractivity contribution in [3.63, 3.8) is 0 Å². The number of methoxy groups -OCH3 is 3. The van der Waals surface area contributed by atoms with Crippen molar-refractivity contribution in [2.45, 2.75) is 0 Å². The average Bonchev–Trinajstić information content (AvgIpc) is 3.97. The summed E-state index contributed by atoms with van der Waals surface area (Å²) in [6, 6.07) is 34.7. The van der Waals surface area contributed by atoms with Crippen LogP contribution in [0.3, 0.4) is 0 Å². The summed E-state index contributed by atoms with van der Waals surface area (Å²) in [5, 5.41) is 0. The molecule has 0 amide bonds. The highest BCUT2D eigenvalue weighted by atomic mass is 16.5. The molecule has 0 atom stereocenters. The summed E-state index contributed by atoms with van der Waals surface area (Å²) in [4.78, 5) is 17.8. The first-order valence-electron chi connectivity index (χ1n) is 15.7. The molecule has 0 radical (unpaired) electrons. The Morgan fingerprint density at radius 3 is 1.27 bits per heavy atom. The topological polar surface area (TPSA) is 85.1 Å². The second-order valence-corrected chi connectivity index (χ2v) is 11.5. The summed E-state index contributed by atoms with van der Waals surface area (Å²) in [6.07, 6.45) is 8.30. The second kappa shape index (κ2) is 12.1. The molecule has 7 nitrogen and oxygen atoms in total. The molecule has 3 aromatic heterocycles. The molecule has 5 heterocycles. The first-order chi connectivity index (χ1) is 23.6. The van der Waals surface area contributed by atoms with Gasteiger partial charge in [-0.3, -0.25) is 0 Å². The minimum Gasteiger partial charge on any atom is -0.497 e. The molecule has 0 unspecified atom stereocenters. The van der Waals surface area contributed by atoms with E-state index in [1.54, 1.807) is 21.3 Å². The molecule has 6 aromatic rings. The number of benzene rings is 3. The Kier molecular flexibility index (Phi) is 7.34. The third-order valence-corrected chi connectivity index (χ3v) is 8.71. The van der Waals surface area contributed by atoms with Crippen LogP contribution in [0.1, 0.15) is 22.8 Å². The molecule has 7 heteroatoms. The summed E-state index contributed by atoms with van der Waals surface area (Å²) in [7, 11) is 5.03. The molecular formula is C41H32N4O3. The van der Waals surface area contributed by atoms with Gasteiger partial charge in [-0.15, -0.1) is 0 Å². The van der Waals surface area contributed by atoms with Gasteiger partial charge in [-0.1, -0.05) is 36.4 Å². The fourth-order valence-corrected chi connectivity index (χ4v) is 6.32. The minimum atomic E-state index is 0.790. The van der Waals surface area contributed by atoms with Crippen LogP contribution in [0.25, 0.3) is 79.8 Å². The number of H-pyrrole nitrogens is 2. The van der Waals surface area contributed by atoms with E-state index in [0.29, 0.717) is 0 Å². The van der Waals surface area contributed by atoms with Crippen LogP contribution in [0, 0.1) is 0 Å². The highest BCUT2D eigenvalue weighted by Crippen LogP contribution is 2.37. The number of nitrogens with one attached hydrogen (secondary N) is 2. The smallest absolute Gasteiger partial charge is 0.118 e. The van der Waals surface area contributed by atoms with Gasteiger partial charge in [0.25, 0.3) is 0 Å². The van der Waals surface area contributed by atoms with Gasteiger partial charge in [-0.25, -0.2) is 9.97 Å². The van der Waals surface area contributed by atoms with E-state index in [0.717, 1.165) is 95.5 Å². The van der Waals surface area contributed by atoms with Crippen LogP contribution < -0.4 is 14.2 Å². The standard InChI is InChI=1S/C41H32N4O3/c1-46-30-12-4-25(5-13-30)39-33-18-10-28(42-33)24-29-11-19-34(43-29)40(26-6-14-31(47-2)15-7-26)36-21-23-38(45-36)41(37-22-20-35(39)44-37)27-8-16-32(48-3)17-9-27/h4-24,42,45H,1-3H3. The van der Waals surface area contributed by atoms with Crippen molar-refractivity contribution >= 4 is 46.4 Å². The molecule has 0 aliphatic carbocycles. The summed E-state index contributed by atoms with van der Waals surface area (Å²) in [6.45, 7) is 0. The Bertz CT molecular complexity index is 2340. The third kappa shape index (κ3) is 5.31. The molecule has 234 valence electrons. The van der Waals surface area contributed by atoms with Gasteiger partial charge in [0.05, 0.1) is 44.1 Å². The fourth-order valence-electron chi connectivity index (χ4n) is 6.32. The average molecular weight is 629 g/mol. The zero-order chi connectivity index (χ0) is 32.6. The van der Waals surface area contributed by atoms with E-state index >= 15 is 0 Å². The van der Waals surface area contributed by atoms with Gasteiger partial charge in [-0.05, 0) is 108 Å². The molecule has 8 rings (SSSR count). The molecule has 0 spiro atoms. The van der Waals surface area contributed by atoms with Crippen molar-refractivity contribution in [2.75, 3.05) is 21.3 Å². The number of fused-ring (bicyclic) bond motifs is 8. The van der Waals surface area contributed by atoms with Crippen molar-refractivity contribution in [3.8, 4) is 50.6 Å². The van der Waals surface area contributed by atoms with Gasteiger partial charge in [0.15, 0.2) is 0 Å². The van der Waals surface area contributed by atoms with Crippen LogP contribution in [-0.2, 0) is 0 Å². The number of aromatic amines is 2. The molecule has 2 N–H and O–H groups in total. The van der Waals surface area contributed by atoms with Gasteiger partial charge in [0, 0.05) is 38.8 Å². The predicted octanol–water partition coefficient (Wildman–Crippen LogP) is 9.68. The van der Waals surface area contributed by atoms with E-state index in [2.05, 4.69) is 101 Å². The van der Waals surface area contributed by atoms with Gasteiger partial charge >= 0.3 is 0 Å². The van der Waals surface area contributed by atoms with E-state index in [4.69, 9.17) is 24.2 Å². The molecule has 8 bridgehead atoms. The number of hydrogen-bond acceptors (Lipinski definition) is 5. The lowest BCUT2D eigenvalue weighted by Gasteiger charge is -2.07. The monoisotopic (exact) mass is 628 g/mol. The summed E-state index contributed by atoms with van der Waals surface area (Å²) in [5.74, 6) is 2.38. The Hall–Kier alpha value is -6.34. The van der Waals surface area contributed by atoms with Crippen LogP contribution in [0.2, 0.25) is 0 Å². The lowest BCUT2D eigenvalue weighted by Crippen LogP contribution is -1.89. The van der Waals surface area contributed by atoms with E-state index in [1.807, 2.05) is 36.4 Å². The van der Waals surface area contributed by atoms with Crippen molar-refractivity contribution < 1.29 is 14.2 Å². The highest BCUT2D eigenvalue weighted by molar-refractivity contribution is 5.97. The fraction of sp³-hybridized carbons (Fsp3) is 0.0732. The number of aromatic nitrogens is 4. The SMILES string of the molecule is COc1ccc(-c2c3nc(c(-c4ccc(OC)cc4)c4ccc([nH]4)c(-c4ccc(OC)cc4)c4nc(cc5ccc2[nH]5)C=C4)C=C3)cc1. The molecule has 0 saturated carbocycles. The lowest BCUT2D eigenvalue weighted by atomic mass is 10.0. The van der Waals surface area contributed by atoms with E-state index in [1.165, 1.54) is 0 Å². The summed E-state index contributed by atoms with van der Waals surface area (Å²) >= 11 is 0. The molecular weight excluding hydrogens is 596 g/mol. The molecule has 2 aliphatic rings. The quantitative estimate of drug-likeness (QED) is 0.192. The molecule has 0 saturated heterocycles. The number of ether oxygens (including phenoxy) is 3. The maximum absolute atomic E-state index is 5.49. The maximum Gasteiger partial charge on any atom is 0.118 e. The minimum absolute atomic E-state index is 0.790. The maximum atomic E-state index is 5.49. The third-order valence-electron chi connectivity index (χ3n) is 8.71. The Labute approximate surface area is 277 Å². The van der Waals surface area contributed by atoms with E-state index in [-0.39, 0.29) is 0 Å². The van der Waals surface area contributed by atoms with E-state index in [9.17, 15) is 0 Å². The highest BCUT2D eigenvalue weighted by Gasteiger charge is 2.17. The molecule has 2 aliphatic heterocycles. The number of rotatable bonds is 6. The van der Waals surface area contributed by atoms with Crippen LogP contribution in [0.4, 0.5) is 0 Å². The van der Waals surface area contributed by atoms with Crippen molar-refractivity contribution in [3.05, 3.63) is 126 Å². The largest absolute Gasteiger partial charge is 0.497 e. The van der Waals surface area contributed by atoms with E-state index < -0.39 is 0 Å². The van der Waals surface area contributed by atoms with Crippen molar-refractivity contribution in [1.82, 2.24) is 19.9 Å². The number of nitrogens with zero attached hydrogens (tertiary/aromatic N) is 2. The lowest BCUT2D eigenvalue weighted by molar-refractivity contribution is 0.415. The Morgan fingerprint density at radius 2 is 0.812 bits per heavy atom. The zero-order valence-electron chi connectivity index (χ0n) is 26.7. The first kappa shape index (κ1) is 29.1. The first-order valence-corrected chi connectivity index (χ1v) is 15.7. The molecule has 3 aromatic carbocycles. The van der Waals surface area contributed by atoms with Crippen LogP contribution in [0.5, 0.6) is 17.2 Å². The molecule has 48 heavy (non-hydrogen) atoms. The second-order valence-electron chi connectivity index (χ2n) is 11.5. The van der Waals surface area contributed by atoms with Crippen LogP contribution >= 0.6 is 0 Å². The van der Waals surface area contributed by atoms with Crippen LogP contribution in [0.15, 0.2) is 103 Å². The molecule has 0 fully saturated rings. The summed E-state index contributed by atoms with van der Waals surface area (Å²) in [5.41, 5.74) is 13.2. The Morgan fingerprint density at radius 1 is 0.417 bits per heavy atom. The van der Waals surface area contributed by atoms with Crippen LogP contribution in [-0.4, -0.2) is 41.3 Å². The van der Waals surface area contributed by atoms with Gasteiger partial charge in [-0.2, -0.15) is 0 Å². The van der Waals surface area contributed by atoms with Gasteiger partial charge in [0.1, 0.15) is 17.2 Å². The van der Waals surface area contributed by atoms with Crippen molar-refractivity contribution in [1.29, 1.82) is 0 Å². The predicted molar refractivity (Wildman–Crippen MR) is 195 cm³/mol. The van der Waals surface area contributed by atoms with Crippen molar-refractivity contribution in [2.24, 2.45) is 0 Å². The Balaban J connectivity index is 1.49. The number of hydrogen-bond donors (Lipinski definition) is 2.